The molecule has 0 saturated carbocycles. The van der Waals surface area contributed by atoms with Crippen LogP contribution in [0.2, 0.25) is 0 Å². The fraction of sp³-hybridized carbons (Fsp3) is 0.533. The second-order valence-corrected chi connectivity index (χ2v) is 5.13. The molecule has 2 rings (SSSR count). The maximum absolute atomic E-state index is 11.9. The third kappa shape index (κ3) is 3.78. The summed E-state index contributed by atoms with van der Waals surface area (Å²) in [5, 5.41) is 2.93. The lowest BCUT2D eigenvalue weighted by atomic mass is 10.0. The van der Waals surface area contributed by atoms with Gasteiger partial charge in [-0.3, -0.25) is 4.79 Å². The molecule has 4 nitrogen and oxygen atoms in total. The van der Waals surface area contributed by atoms with Crippen molar-refractivity contribution in [1.29, 1.82) is 0 Å². The monoisotopic (exact) mass is 262 g/mol. The van der Waals surface area contributed by atoms with E-state index in [9.17, 15) is 4.79 Å². The molecule has 1 heterocycles. The smallest absolute Gasteiger partial charge is 0.249 e. The van der Waals surface area contributed by atoms with E-state index in [1.807, 2.05) is 12.1 Å². The molecule has 1 aromatic rings. The minimum atomic E-state index is -0.281. The molecule has 0 aromatic heterocycles. The number of nitrogens with one attached hydrogen (secondary N) is 1. The van der Waals surface area contributed by atoms with Crippen LogP contribution in [0.5, 0.6) is 0 Å². The molecule has 4 heteroatoms. The Hall–Kier alpha value is -1.39. The van der Waals surface area contributed by atoms with Crippen LogP contribution < -0.4 is 11.1 Å². The molecule has 1 aliphatic rings. The molecule has 19 heavy (non-hydrogen) atoms. The molecule has 1 fully saturated rings. The van der Waals surface area contributed by atoms with Crippen molar-refractivity contribution >= 4 is 5.91 Å². The van der Waals surface area contributed by atoms with Crippen LogP contribution in [0, 0.1) is 5.92 Å². The Morgan fingerprint density at radius 2 is 2.05 bits per heavy atom. The van der Waals surface area contributed by atoms with Gasteiger partial charge in [0, 0.05) is 13.2 Å². The summed E-state index contributed by atoms with van der Waals surface area (Å²) in [5.74, 6) is 0.308. The lowest BCUT2D eigenvalue weighted by Gasteiger charge is -2.14. The lowest BCUT2D eigenvalue weighted by Crippen LogP contribution is -2.36. The van der Waals surface area contributed by atoms with E-state index < -0.39 is 0 Å². The summed E-state index contributed by atoms with van der Waals surface area (Å²) in [4.78, 5) is 11.9. The van der Waals surface area contributed by atoms with Crippen molar-refractivity contribution in [1.82, 2.24) is 5.32 Å². The van der Waals surface area contributed by atoms with Crippen LogP contribution in [0.1, 0.15) is 24.5 Å². The summed E-state index contributed by atoms with van der Waals surface area (Å²) >= 11 is 0. The van der Waals surface area contributed by atoms with Crippen LogP contribution in [0.3, 0.4) is 0 Å². The molecular weight excluding hydrogens is 240 g/mol. The zero-order valence-corrected chi connectivity index (χ0v) is 11.4. The van der Waals surface area contributed by atoms with Crippen molar-refractivity contribution in [3.05, 3.63) is 35.4 Å². The average Bonchev–Trinajstić information content (AvgIpc) is 2.84. The molecule has 0 radical (unpaired) electrons. The number of ether oxygens (including phenoxy) is 1. The molecule has 1 aliphatic heterocycles. The fourth-order valence-electron chi connectivity index (χ4n) is 2.31. The molecule has 0 aliphatic carbocycles. The molecule has 2 atom stereocenters. The second kappa shape index (κ2) is 6.68. The minimum Gasteiger partial charge on any atom is -0.368 e. The lowest BCUT2D eigenvalue weighted by molar-refractivity contribution is -0.131. The summed E-state index contributed by atoms with van der Waals surface area (Å²) in [6.07, 6.45) is 1.57. The van der Waals surface area contributed by atoms with Crippen molar-refractivity contribution in [3.63, 3.8) is 0 Å². The number of hydrogen-bond donors (Lipinski definition) is 2. The van der Waals surface area contributed by atoms with E-state index in [1.54, 1.807) is 0 Å². The molecule has 1 aromatic carbocycles. The largest absolute Gasteiger partial charge is 0.368 e. The van der Waals surface area contributed by atoms with Crippen molar-refractivity contribution in [3.8, 4) is 0 Å². The maximum Gasteiger partial charge on any atom is 0.249 e. The van der Waals surface area contributed by atoms with E-state index in [4.69, 9.17) is 10.5 Å². The molecule has 3 N–H and O–H groups in total. The summed E-state index contributed by atoms with van der Waals surface area (Å²) in [6.45, 7) is 3.95. The van der Waals surface area contributed by atoms with Gasteiger partial charge in [-0.05, 0) is 36.4 Å². The van der Waals surface area contributed by atoms with E-state index in [1.165, 1.54) is 5.56 Å². The number of rotatable bonds is 5. The van der Waals surface area contributed by atoms with Gasteiger partial charge in [0.05, 0.1) is 0 Å². The summed E-state index contributed by atoms with van der Waals surface area (Å²) < 4.78 is 5.44. The summed E-state index contributed by atoms with van der Waals surface area (Å²) in [6, 6.07) is 8.18. The number of nitrogens with two attached hydrogens (primary N) is 1. The normalized spacial score (nSPS) is 22.4. The number of benzene rings is 1. The first-order chi connectivity index (χ1) is 9.20. The van der Waals surface area contributed by atoms with Crippen LogP contribution >= 0.6 is 0 Å². The standard InChI is InChI=1S/C15H22N2O2/c1-11-7-9-19-14(11)15(18)17-10-13-4-2-12(3-5-13)6-8-16/h2-5,11,14H,6-10,16H2,1H3,(H,17,18). The SMILES string of the molecule is CC1CCOC1C(=O)NCc1ccc(CCN)cc1. The van der Waals surface area contributed by atoms with Gasteiger partial charge < -0.3 is 15.8 Å². The van der Waals surface area contributed by atoms with Gasteiger partial charge in [0.1, 0.15) is 6.10 Å². The van der Waals surface area contributed by atoms with Crippen molar-refractivity contribution in [2.75, 3.05) is 13.2 Å². The number of amides is 1. The van der Waals surface area contributed by atoms with Gasteiger partial charge in [-0.25, -0.2) is 0 Å². The topological polar surface area (TPSA) is 64.3 Å². The van der Waals surface area contributed by atoms with Gasteiger partial charge in [-0.15, -0.1) is 0 Å². The van der Waals surface area contributed by atoms with E-state index >= 15 is 0 Å². The van der Waals surface area contributed by atoms with Crippen LogP contribution in [-0.4, -0.2) is 25.2 Å². The van der Waals surface area contributed by atoms with Crippen molar-refractivity contribution in [2.24, 2.45) is 11.7 Å². The Kier molecular flexibility index (Phi) is 4.93. The van der Waals surface area contributed by atoms with Crippen LogP contribution in [-0.2, 0) is 22.5 Å². The first kappa shape index (κ1) is 14.0. The Labute approximate surface area is 114 Å². The van der Waals surface area contributed by atoms with Crippen LogP contribution in [0.25, 0.3) is 0 Å². The Morgan fingerprint density at radius 1 is 1.37 bits per heavy atom. The predicted molar refractivity (Wildman–Crippen MR) is 74.6 cm³/mol. The van der Waals surface area contributed by atoms with E-state index in [0.29, 0.717) is 25.6 Å². The highest BCUT2D eigenvalue weighted by atomic mass is 16.5. The zero-order chi connectivity index (χ0) is 13.7. The highest BCUT2D eigenvalue weighted by Gasteiger charge is 2.30. The molecule has 1 saturated heterocycles. The van der Waals surface area contributed by atoms with Crippen LogP contribution in [0.4, 0.5) is 0 Å². The molecule has 104 valence electrons. The first-order valence-electron chi connectivity index (χ1n) is 6.88. The van der Waals surface area contributed by atoms with Gasteiger partial charge in [0.2, 0.25) is 5.91 Å². The second-order valence-electron chi connectivity index (χ2n) is 5.13. The van der Waals surface area contributed by atoms with Crippen molar-refractivity contribution in [2.45, 2.75) is 32.4 Å². The molecule has 1 amide bonds. The van der Waals surface area contributed by atoms with Gasteiger partial charge in [0.15, 0.2) is 0 Å². The molecule has 0 bridgehead atoms. The highest BCUT2D eigenvalue weighted by Crippen LogP contribution is 2.20. The quantitative estimate of drug-likeness (QED) is 0.839. The van der Waals surface area contributed by atoms with Gasteiger partial charge in [-0.2, -0.15) is 0 Å². The van der Waals surface area contributed by atoms with Gasteiger partial charge in [-0.1, -0.05) is 31.2 Å². The minimum absolute atomic E-state index is 0.00367. The Morgan fingerprint density at radius 3 is 2.63 bits per heavy atom. The van der Waals surface area contributed by atoms with Crippen molar-refractivity contribution < 1.29 is 9.53 Å². The molecule has 0 spiro atoms. The zero-order valence-electron chi connectivity index (χ0n) is 11.4. The third-order valence-corrected chi connectivity index (χ3v) is 3.57. The van der Waals surface area contributed by atoms with Gasteiger partial charge >= 0.3 is 0 Å². The van der Waals surface area contributed by atoms with E-state index in [0.717, 1.165) is 18.4 Å². The molecular formula is C15H22N2O2. The third-order valence-electron chi connectivity index (χ3n) is 3.57. The average molecular weight is 262 g/mol. The Balaban J connectivity index is 1.83. The fourth-order valence-corrected chi connectivity index (χ4v) is 2.31. The van der Waals surface area contributed by atoms with E-state index in [-0.39, 0.29) is 12.0 Å². The number of carbonyl (C=O) groups is 1. The van der Waals surface area contributed by atoms with Gasteiger partial charge in [0.25, 0.3) is 0 Å². The van der Waals surface area contributed by atoms with Crippen LogP contribution in [0.15, 0.2) is 24.3 Å². The predicted octanol–water partition coefficient (Wildman–Crippen LogP) is 1.23. The highest BCUT2D eigenvalue weighted by molar-refractivity contribution is 5.81. The number of carbonyl (C=O) groups excluding carboxylic acids is 1. The molecule has 2 unspecified atom stereocenters. The first-order valence-corrected chi connectivity index (χ1v) is 6.88. The maximum atomic E-state index is 11.9. The summed E-state index contributed by atoms with van der Waals surface area (Å²) in [7, 11) is 0. The number of hydrogen-bond acceptors (Lipinski definition) is 3. The Bertz CT molecular complexity index is 417. The summed E-state index contributed by atoms with van der Waals surface area (Å²) in [5.41, 5.74) is 7.83. The van der Waals surface area contributed by atoms with E-state index in [2.05, 4.69) is 24.4 Å².